The summed E-state index contributed by atoms with van der Waals surface area (Å²) >= 11 is 0.986. The normalized spacial score (nSPS) is 18.8. The third-order valence-corrected chi connectivity index (χ3v) is 9.32. The van der Waals surface area contributed by atoms with Crippen LogP contribution in [0, 0.1) is 11.8 Å². The summed E-state index contributed by atoms with van der Waals surface area (Å²) in [5.74, 6) is -3.13. The smallest absolute Gasteiger partial charge is 0.418 e. The number of aromatic nitrogens is 2. The van der Waals surface area contributed by atoms with Crippen LogP contribution in [0.4, 0.5) is 10.8 Å². The topological polar surface area (TPSA) is 247 Å². The van der Waals surface area contributed by atoms with E-state index in [1.165, 1.54) is 38.5 Å². The molecule has 1 unspecified atom stereocenters. The van der Waals surface area contributed by atoms with Crippen LogP contribution in [-0.4, -0.2) is 74.7 Å². The van der Waals surface area contributed by atoms with Crippen molar-refractivity contribution in [1.82, 2.24) is 15.0 Å². The van der Waals surface area contributed by atoms with E-state index in [9.17, 15) is 27.9 Å². The van der Waals surface area contributed by atoms with E-state index in [4.69, 9.17) is 30.6 Å². The molecule has 3 aromatic rings. The number of Topliss-reactive ketones (excluding diaryl/α,β-unsaturated/α-hetero) is 1. The number of ether oxygens (including phenoxy) is 1. The van der Waals surface area contributed by atoms with Gasteiger partial charge in [-0.05, 0) is 56.9 Å². The summed E-state index contributed by atoms with van der Waals surface area (Å²) in [6.45, 7) is 2.35. The first-order valence-corrected chi connectivity index (χ1v) is 16.9. The fourth-order valence-corrected chi connectivity index (χ4v) is 6.36. The number of ketones is 1. The Hall–Kier alpha value is -4.39. The minimum absolute atomic E-state index is 0.0252. The number of rotatable bonds is 15. The number of nitrogen functional groups attached to an aromatic ring is 2. The first-order valence-electron chi connectivity index (χ1n) is 14.7. The molecule has 5 rings (SSSR count). The third kappa shape index (κ3) is 7.78. The first-order chi connectivity index (χ1) is 22.1. The molecule has 0 bridgehead atoms. The van der Waals surface area contributed by atoms with Gasteiger partial charge < -0.3 is 26.1 Å². The maximum absolute atomic E-state index is 13.4. The molecule has 1 aromatic carbocycles. The van der Waals surface area contributed by atoms with E-state index in [2.05, 4.69) is 14.4 Å². The minimum atomic E-state index is -4.99. The van der Waals surface area contributed by atoms with Crippen LogP contribution in [0.15, 0.2) is 34.8 Å². The Bertz CT molecular complexity index is 1840. The molecule has 6 N–H and O–H groups in total. The van der Waals surface area contributed by atoms with Gasteiger partial charge in [-0.1, -0.05) is 24.4 Å². The van der Waals surface area contributed by atoms with Gasteiger partial charge in [0, 0.05) is 28.6 Å². The number of nitrogens with two attached hydrogens (primary N) is 2. The average Bonchev–Trinajstić information content (AvgIpc) is 3.40. The van der Waals surface area contributed by atoms with Crippen molar-refractivity contribution >= 4 is 66.8 Å². The second kappa shape index (κ2) is 13.4. The zero-order valence-corrected chi connectivity index (χ0v) is 27.1. The standard InChI is InChI=1S/C29H34N6O10S2/c1-29(2)19(26(37)35(29)45-47(40,41)42)12-23(36)25(22-14-46-28(31)33-22)34-44-24(27(38)39)13-43-17-8-9-21-18(11-17)20(30)10-16(32-21)7-6-15-4-3-5-15/h8-11,14-15,19,24H,3-7,12-13H2,1-2H3,(H2,30,32)(H2,31,33)(H,38,39)(H,40,41,42)/b34-25-/t19?,24-/m0/s1. The molecule has 1 amide bonds. The summed E-state index contributed by atoms with van der Waals surface area (Å²) in [5.41, 5.74) is 12.4. The molecule has 0 spiro atoms. The van der Waals surface area contributed by atoms with Gasteiger partial charge >= 0.3 is 16.4 Å². The number of carboxylic acids is 1. The van der Waals surface area contributed by atoms with Crippen LogP contribution in [0.2, 0.25) is 0 Å². The zero-order valence-electron chi connectivity index (χ0n) is 25.5. The van der Waals surface area contributed by atoms with Gasteiger partial charge in [0.2, 0.25) is 0 Å². The number of hydrogen-bond acceptors (Lipinski definition) is 14. The van der Waals surface area contributed by atoms with Crippen molar-refractivity contribution in [2.75, 3.05) is 18.1 Å². The molecule has 2 fully saturated rings. The SMILES string of the molecule is CC1(C)C(CC(=O)/C(=N\O[C@@H](COc2ccc3nc(CCC4CCC4)cc(N)c3c2)C(=O)O)c2csc(N)n2)C(=O)N1OS(=O)(=O)O. The predicted octanol–water partition coefficient (Wildman–Crippen LogP) is 2.77. The lowest BCUT2D eigenvalue weighted by atomic mass is 9.74. The number of carboxylic acid groups (broad SMARTS) is 1. The van der Waals surface area contributed by atoms with Crippen LogP contribution < -0.4 is 16.2 Å². The summed E-state index contributed by atoms with van der Waals surface area (Å²) in [5, 5.41) is 16.2. The number of β-lactam (4-membered cyclic amide) rings is 1. The highest BCUT2D eigenvalue weighted by Gasteiger charge is 2.57. The third-order valence-electron chi connectivity index (χ3n) is 8.31. The van der Waals surface area contributed by atoms with Crippen molar-refractivity contribution in [3.05, 3.63) is 41.0 Å². The van der Waals surface area contributed by atoms with E-state index < -0.39 is 64.4 Å². The quantitative estimate of drug-likeness (QED) is 0.0775. The molecular weight excluding hydrogens is 656 g/mol. The fourth-order valence-electron chi connectivity index (χ4n) is 5.36. The Morgan fingerprint density at radius 1 is 1.21 bits per heavy atom. The van der Waals surface area contributed by atoms with E-state index in [1.807, 2.05) is 6.07 Å². The van der Waals surface area contributed by atoms with E-state index in [0.717, 1.165) is 35.8 Å². The van der Waals surface area contributed by atoms with Crippen LogP contribution in [0.25, 0.3) is 10.9 Å². The lowest BCUT2D eigenvalue weighted by Gasteiger charge is -2.50. The number of benzene rings is 1. The van der Waals surface area contributed by atoms with E-state index in [0.29, 0.717) is 27.4 Å². The Balaban J connectivity index is 1.27. The molecule has 18 heteroatoms. The van der Waals surface area contributed by atoms with Gasteiger partial charge in [-0.15, -0.1) is 15.6 Å². The van der Waals surface area contributed by atoms with Crippen LogP contribution in [0.1, 0.15) is 57.3 Å². The molecule has 1 saturated heterocycles. The zero-order chi connectivity index (χ0) is 34.1. The molecule has 1 saturated carbocycles. The largest absolute Gasteiger partial charge is 0.489 e. The number of aliphatic carboxylic acids is 1. The first kappa shape index (κ1) is 34.0. The van der Waals surface area contributed by atoms with E-state index in [1.54, 1.807) is 18.2 Å². The molecule has 0 radical (unpaired) electrons. The summed E-state index contributed by atoms with van der Waals surface area (Å²) < 4.78 is 41.2. The van der Waals surface area contributed by atoms with Gasteiger partial charge in [-0.2, -0.15) is 13.5 Å². The van der Waals surface area contributed by atoms with Crippen molar-refractivity contribution in [2.45, 2.75) is 64.0 Å². The van der Waals surface area contributed by atoms with E-state index in [-0.39, 0.29) is 10.8 Å². The van der Waals surface area contributed by atoms with Gasteiger partial charge in [-0.25, -0.2) is 9.78 Å². The highest BCUT2D eigenvalue weighted by molar-refractivity contribution is 7.80. The summed E-state index contributed by atoms with van der Waals surface area (Å²) in [6, 6.07) is 6.85. The molecule has 2 atom stereocenters. The summed E-state index contributed by atoms with van der Waals surface area (Å²) in [4.78, 5) is 52.0. The van der Waals surface area contributed by atoms with Crippen LogP contribution in [0.3, 0.4) is 0 Å². The molecule has 2 aromatic heterocycles. The number of aryl methyl sites for hydroxylation is 1. The van der Waals surface area contributed by atoms with Crippen LogP contribution in [0.5, 0.6) is 5.75 Å². The Morgan fingerprint density at radius 2 is 1.96 bits per heavy atom. The summed E-state index contributed by atoms with van der Waals surface area (Å²) in [6.07, 6.45) is 3.53. The molecule has 2 aliphatic rings. The molecule has 252 valence electrons. The lowest BCUT2D eigenvalue weighted by molar-refractivity contribution is -0.228. The number of hydrogen-bond donors (Lipinski definition) is 4. The predicted molar refractivity (Wildman–Crippen MR) is 170 cm³/mol. The molecule has 16 nitrogen and oxygen atoms in total. The highest BCUT2D eigenvalue weighted by Crippen LogP contribution is 2.41. The molecular formula is C29H34N6O10S2. The number of pyridine rings is 1. The Labute approximate surface area is 273 Å². The average molecular weight is 691 g/mol. The number of nitrogens with zero attached hydrogens (tertiary/aromatic N) is 4. The number of thiazole rings is 1. The number of amides is 1. The number of carbonyl (C=O) groups excluding carboxylic acids is 2. The fraction of sp³-hybridized carbons (Fsp3) is 0.448. The number of anilines is 2. The van der Waals surface area contributed by atoms with Gasteiger partial charge in [-0.3, -0.25) is 19.1 Å². The highest BCUT2D eigenvalue weighted by atomic mass is 32.3. The van der Waals surface area contributed by atoms with Crippen molar-refractivity contribution < 1.29 is 46.3 Å². The Kier molecular flexibility index (Phi) is 9.67. The number of fused-ring (bicyclic) bond motifs is 1. The van der Waals surface area contributed by atoms with Gasteiger partial charge in [0.05, 0.1) is 17.0 Å². The van der Waals surface area contributed by atoms with Crippen LogP contribution >= 0.6 is 11.3 Å². The van der Waals surface area contributed by atoms with Crippen LogP contribution in [-0.2, 0) is 40.3 Å². The number of oxime groups is 1. The molecule has 47 heavy (non-hydrogen) atoms. The summed E-state index contributed by atoms with van der Waals surface area (Å²) in [7, 11) is -4.99. The van der Waals surface area contributed by atoms with Gasteiger partial charge in [0.15, 0.2) is 16.6 Å². The van der Waals surface area contributed by atoms with Gasteiger partial charge in [0.1, 0.15) is 18.1 Å². The number of hydroxylamine groups is 2. The lowest BCUT2D eigenvalue weighted by Crippen LogP contribution is -2.68. The Morgan fingerprint density at radius 3 is 2.55 bits per heavy atom. The monoisotopic (exact) mass is 690 g/mol. The maximum atomic E-state index is 13.4. The van der Waals surface area contributed by atoms with Crippen molar-refractivity contribution in [2.24, 2.45) is 17.0 Å². The maximum Gasteiger partial charge on any atom is 0.418 e. The van der Waals surface area contributed by atoms with Crippen molar-refractivity contribution in [3.8, 4) is 5.75 Å². The molecule has 3 heterocycles. The second-order valence-electron chi connectivity index (χ2n) is 11.9. The number of carbonyl (C=O) groups is 3. The van der Waals surface area contributed by atoms with Gasteiger partial charge in [0.25, 0.3) is 12.0 Å². The second-order valence-corrected chi connectivity index (χ2v) is 13.8. The van der Waals surface area contributed by atoms with Crippen molar-refractivity contribution in [1.29, 1.82) is 0 Å². The molecule has 1 aliphatic heterocycles. The van der Waals surface area contributed by atoms with E-state index >= 15 is 0 Å². The molecule has 1 aliphatic carbocycles. The minimum Gasteiger partial charge on any atom is -0.489 e. The van der Waals surface area contributed by atoms with Crippen molar-refractivity contribution in [3.63, 3.8) is 0 Å².